The van der Waals surface area contributed by atoms with Gasteiger partial charge in [0.25, 0.3) is 0 Å². The summed E-state index contributed by atoms with van der Waals surface area (Å²) in [7, 11) is 0. The first kappa shape index (κ1) is 33.0. The lowest BCUT2D eigenvalue weighted by Gasteiger charge is -2.24. The lowest BCUT2D eigenvalue weighted by Crippen LogP contribution is -2.15. The SMILES string of the molecule is CC1(C)c2cc(C3C=C(c4cccc(-c5nc(-c6ccccc6)cc(-c6ccccc6)n5)c4)C=CC3)ccc2-c2c1cc1ccccc1c2-c1ccccc1. The van der Waals surface area contributed by atoms with Crippen molar-refractivity contribution in [2.45, 2.75) is 31.6 Å². The zero-order chi connectivity index (χ0) is 36.9. The summed E-state index contributed by atoms with van der Waals surface area (Å²) in [6.07, 6.45) is 8.03. The van der Waals surface area contributed by atoms with E-state index in [9.17, 15) is 0 Å². The zero-order valence-corrected chi connectivity index (χ0v) is 31.1. The number of hydrogen-bond acceptors (Lipinski definition) is 2. The summed E-state index contributed by atoms with van der Waals surface area (Å²) in [6.45, 7) is 4.80. The van der Waals surface area contributed by atoms with E-state index in [0.717, 1.165) is 40.3 Å². The van der Waals surface area contributed by atoms with Crippen molar-refractivity contribution in [3.8, 4) is 56.2 Å². The van der Waals surface area contributed by atoms with Gasteiger partial charge in [0, 0.05) is 28.0 Å². The number of rotatable bonds is 6. The molecule has 2 nitrogen and oxygen atoms in total. The lowest BCUT2D eigenvalue weighted by atomic mass is 9.79. The lowest BCUT2D eigenvalue weighted by molar-refractivity contribution is 0.659. The minimum Gasteiger partial charge on any atom is -0.228 e. The number of fused-ring (bicyclic) bond motifs is 4. The Bertz CT molecular complexity index is 2740. The fourth-order valence-corrected chi connectivity index (χ4v) is 8.73. The van der Waals surface area contributed by atoms with Crippen LogP contribution in [0.1, 0.15) is 48.4 Å². The Morgan fingerprint density at radius 1 is 0.509 bits per heavy atom. The van der Waals surface area contributed by atoms with Gasteiger partial charge < -0.3 is 0 Å². The van der Waals surface area contributed by atoms with Crippen LogP contribution in [-0.2, 0) is 5.41 Å². The van der Waals surface area contributed by atoms with Gasteiger partial charge in [-0.3, -0.25) is 0 Å². The summed E-state index contributed by atoms with van der Waals surface area (Å²) in [6, 6.07) is 61.0. The van der Waals surface area contributed by atoms with Crippen LogP contribution in [0.3, 0.4) is 0 Å². The number of nitrogens with zero attached hydrogens (tertiary/aromatic N) is 2. The van der Waals surface area contributed by atoms with Crippen molar-refractivity contribution in [1.29, 1.82) is 0 Å². The second kappa shape index (κ2) is 13.3. The number of allylic oxidation sites excluding steroid dienone is 4. The molecule has 7 aromatic carbocycles. The first-order valence-corrected chi connectivity index (χ1v) is 19.3. The third-order valence-corrected chi connectivity index (χ3v) is 11.6. The van der Waals surface area contributed by atoms with Gasteiger partial charge in [0.15, 0.2) is 5.82 Å². The van der Waals surface area contributed by atoms with Gasteiger partial charge in [-0.15, -0.1) is 0 Å². The minimum atomic E-state index is -0.132. The Labute approximate surface area is 323 Å². The molecule has 1 aromatic heterocycles. The van der Waals surface area contributed by atoms with Crippen LogP contribution in [-0.4, -0.2) is 9.97 Å². The fourth-order valence-electron chi connectivity index (χ4n) is 8.73. The van der Waals surface area contributed by atoms with Crippen LogP contribution in [0.5, 0.6) is 0 Å². The molecule has 0 saturated heterocycles. The molecule has 2 heteroatoms. The molecule has 10 rings (SSSR count). The molecular formula is C53H40N2. The Balaban J connectivity index is 1.03. The molecule has 0 radical (unpaired) electrons. The Kier molecular flexibility index (Phi) is 7.99. The van der Waals surface area contributed by atoms with Crippen LogP contribution < -0.4 is 0 Å². The van der Waals surface area contributed by atoms with Crippen LogP contribution in [0.2, 0.25) is 0 Å². The molecule has 0 aliphatic heterocycles. The van der Waals surface area contributed by atoms with E-state index in [1.807, 2.05) is 12.1 Å². The van der Waals surface area contributed by atoms with E-state index >= 15 is 0 Å². The summed E-state index contributed by atoms with van der Waals surface area (Å²) in [4.78, 5) is 10.2. The van der Waals surface area contributed by atoms with Crippen LogP contribution in [0.15, 0.2) is 188 Å². The maximum absolute atomic E-state index is 5.11. The van der Waals surface area contributed by atoms with Crippen molar-refractivity contribution in [3.63, 3.8) is 0 Å². The van der Waals surface area contributed by atoms with Gasteiger partial charge in [-0.2, -0.15) is 0 Å². The van der Waals surface area contributed by atoms with Gasteiger partial charge in [-0.1, -0.05) is 184 Å². The van der Waals surface area contributed by atoms with Crippen LogP contribution in [0, 0.1) is 0 Å². The summed E-state index contributed by atoms with van der Waals surface area (Å²) >= 11 is 0. The summed E-state index contributed by atoms with van der Waals surface area (Å²) in [5.41, 5.74) is 16.7. The van der Waals surface area contributed by atoms with E-state index in [-0.39, 0.29) is 11.3 Å². The second-order valence-corrected chi connectivity index (χ2v) is 15.3. The van der Waals surface area contributed by atoms with E-state index in [1.165, 1.54) is 60.9 Å². The van der Waals surface area contributed by atoms with Crippen molar-refractivity contribution in [3.05, 3.63) is 210 Å². The topological polar surface area (TPSA) is 25.8 Å². The number of benzene rings is 7. The van der Waals surface area contributed by atoms with Crippen molar-refractivity contribution in [2.24, 2.45) is 0 Å². The second-order valence-electron chi connectivity index (χ2n) is 15.3. The molecule has 0 spiro atoms. The minimum absolute atomic E-state index is 0.132. The van der Waals surface area contributed by atoms with Crippen molar-refractivity contribution in [1.82, 2.24) is 9.97 Å². The molecule has 1 heterocycles. The molecule has 2 aliphatic carbocycles. The van der Waals surface area contributed by atoms with Crippen LogP contribution in [0.25, 0.3) is 72.5 Å². The molecule has 0 bridgehead atoms. The highest BCUT2D eigenvalue weighted by Gasteiger charge is 2.38. The van der Waals surface area contributed by atoms with E-state index in [1.54, 1.807) is 0 Å². The van der Waals surface area contributed by atoms with Gasteiger partial charge in [-0.05, 0) is 85.5 Å². The van der Waals surface area contributed by atoms with Gasteiger partial charge in [0.1, 0.15) is 0 Å². The highest BCUT2D eigenvalue weighted by Crippen LogP contribution is 2.55. The molecule has 262 valence electrons. The van der Waals surface area contributed by atoms with Crippen molar-refractivity contribution >= 4 is 16.3 Å². The molecule has 0 amide bonds. The summed E-state index contributed by atoms with van der Waals surface area (Å²) in [5, 5.41) is 2.60. The third-order valence-electron chi connectivity index (χ3n) is 11.6. The standard InChI is InChI=1S/C53H40N2/c1-53(2)46-32-41(28-29-45(46)51-47(53)33-42-22-12-13-27-44(42)50(51)37-20-10-5-11-21-37)39-24-14-23-38(30-39)40-25-15-26-43(31-40)52-54-48(35-16-6-3-7-17-35)34-49(55-52)36-18-8-4-9-19-36/h3-23,25-34,39H,24H2,1-2H3. The predicted molar refractivity (Wildman–Crippen MR) is 230 cm³/mol. The normalized spacial score (nSPS) is 15.4. The van der Waals surface area contributed by atoms with Crippen molar-refractivity contribution in [2.75, 3.05) is 0 Å². The van der Waals surface area contributed by atoms with Gasteiger partial charge in [0.2, 0.25) is 0 Å². The zero-order valence-electron chi connectivity index (χ0n) is 31.1. The first-order chi connectivity index (χ1) is 27.0. The Morgan fingerprint density at radius 3 is 1.84 bits per heavy atom. The molecule has 0 N–H and O–H groups in total. The van der Waals surface area contributed by atoms with Crippen molar-refractivity contribution < 1.29 is 0 Å². The molecule has 0 saturated carbocycles. The molecule has 1 unspecified atom stereocenters. The predicted octanol–water partition coefficient (Wildman–Crippen LogP) is 13.7. The molecule has 2 aliphatic rings. The average Bonchev–Trinajstić information content (AvgIpc) is 3.48. The third kappa shape index (κ3) is 5.82. The quantitative estimate of drug-likeness (QED) is 0.172. The summed E-state index contributed by atoms with van der Waals surface area (Å²) < 4.78 is 0. The Morgan fingerprint density at radius 2 is 1.13 bits per heavy atom. The molecule has 0 fully saturated rings. The van der Waals surface area contributed by atoms with Crippen LogP contribution in [0.4, 0.5) is 0 Å². The smallest absolute Gasteiger partial charge is 0.160 e. The van der Waals surface area contributed by atoms with Gasteiger partial charge in [0.05, 0.1) is 11.4 Å². The largest absolute Gasteiger partial charge is 0.228 e. The number of aromatic nitrogens is 2. The maximum atomic E-state index is 5.11. The first-order valence-electron chi connectivity index (χ1n) is 19.3. The van der Waals surface area contributed by atoms with E-state index in [4.69, 9.17) is 9.97 Å². The van der Waals surface area contributed by atoms with Gasteiger partial charge in [-0.25, -0.2) is 9.97 Å². The number of hydrogen-bond donors (Lipinski definition) is 0. The molecule has 1 atom stereocenters. The van der Waals surface area contributed by atoms with E-state index in [0.29, 0.717) is 0 Å². The highest BCUT2D eigenvalue weighted by atomic mass is 14.9. The van der Waals surface area contributed by atoms with E-state index < -0.39 is 0 Å². The van der Waals surface area contributed by atoms with E-state index in [2.05, 4.69) is 190 Å². The monoisotopic (exact) mass is 704 g/mol. The fraction of sp³-hybridized carbons (Fsp3) is 0.0943. The maximum Gasteiger partial charge on any atom is 0.160 e. The van der Waals surface area contributed by atoms with Gasteiger partial charge >= 0.3 is 0 Å². The highest BCUT2D eigenvalue weighted by molar-refractivity contribution is 6.08. The average molecular weight is 705 g/mol. The summed E-state index contributed by atoms with van der Waals surface area (Å²) in [5.74, 6) is 0.991. The molecule has 8 aromatic rings. The molecule has 55 heavy (non-hydrogen) atoms. The Hall–Kier alpha value is -6.64. The molecular weight excluding hydrogens is 665 g/mol. The van der Waals surface area contributed by atoms with Crippen LogP contribution >= 0.6 is 0 Å².